The number of carbonyl (C=O) groups is 1. The van der Waals surface area contributed by atoms with Crippen molar-refractivity contribution in [2.75, 3.05) is 23.3 Å². The van der Waals surface area contributed by atoms with Gasteiger partial charge in [0.1, 0.15) is 11.3 Å². The average Bonchev–Trinajstić information content (AvgIpc) is 2.93. The number of imidazole rings is 1. The van der Waals surface area contributed by atoms with Gasteiger partial charge in [0.05, 0.1) is 5.69 Å². The van der Waals surface area contributed by atoms with E-state index in [1.54, 1.807) is 0 Å². The molecule has 5 heteroatoms. The van der Waals surface area contributed by atoms with E-state index in [1.807, 2.05) is 49.6 Å². The number of aromatic nitrogens is 2. The summed E-state index contributed by atoms with van der Waals surface area (Å²) in [4.78, 5) is 19.7. The van der Waals surface area contributed by atoms with Crippen molar-refractivity contribution in [1.82, 2.24) is 9.38 Å². The third-order valence-electron chi connectivity index (χ3n) is 4.76. The highest BCUT2D eigenvalue weighted by Crippen LogP contribution is 2.24. The predicted octanol–water partition coefficient (Wildman–Crippen LogP) is 4.36. The van der Waals surface area contributed by atoms with Crippen LogP contribution >= 0.6 is 0 Å². The van der Waals surface area contributed by atoms with Gasteiger partial charge in [-0.15, -0.1) is 0 Å². The zero-order chi connectivity index (χ0) is 18.8. The molecule has 2 heterocycles. The quantitative estimate of drug-likeness (QED) is 0.744. The van der Waals surface area contributed by atoms with E-state index in [9.17, 15) is 4.79 Å². The monoisotopic (exact) mass is 350 g/mol. The van der Waals surface area contributed by atoms with Crippen LogP contribution in [0.5, 0.6) is 0 Å². The Hall–Kier alpha value is -2.82. The molecule has 0 spiro atoms. The first kappa shape index (κ1) is 18.0. The summed E-state index contributed by atoms with van der Waals surface area (Å²) in [7, 11) is 0. The van der Waals surface area contributed by atoms with E-state index in [0.717, 1.165) is 41.2 Å². The van der Waals surface area contributed by atoms with E-state index in [2.05, 4.69) is 41.2 Å². The maximum atomic E-state index is 12.9. The highest BCUT2D eigenvalue weighted by Gasteiger charge is 2.17. The van der Waals surface area contributed by atoms with Gasteiger partial charge in [0, 0.05) is 30.7 Å². The molecule has 0 atom stereocenters. The molecule has 26 heavy (non-hydrogen) atoms. The third kappa shape index (κ3) is 3.29. The molecular weight excluding hydrogens is 324 g/mol. The Kier molecular flexibility index (Phi) is 4.98. The molecule has 3 aromatic rings. The fourth-order valence-electron chi connectivity index (χ4n) is 3.29. The van der Waals surface area contributed by atoms with Gasteiger partial charge in [-0.25, -0.2) is 4.98 Å². The molecule has 0 aliphatic rings. The Bertz CT molecular complexity index is 954. The molecule has 0 aliphatic carbocycles. The number of amides is 1. The molecule has 0 saturated heterocycles. The van der Waals surface area contributed by atoms with E-state index in [0.29, 0.717) is 5.69 Å². The summed E-state index contributed by atoms with van der Waals surface area (Å²) < 4.78 is 1.84. The molecule has 0 unspecified atom stereocenters. The summed E-state index contributed by atoms with van der Waals surface area (Å²) in [6, 6.07) is 10.1. The van der Waals surface area contributed by atoms with Crippen molar-refractivity contribution in [1.29, 1.82) is 0 Å². The molecule has 5 nitrogen and oxygen atoms in total. The first-order chi connectivity index (χ1) is 12.4. The molecule has 136 valence electrons. The first-order valence-corrected chi connectivity index (χ1v) is 9.06. The molecule has 0 saturated carbocycles. The van der Waals surface area contributed by atoms with Crippen molar-refractivity contribution in [3.63, 3.8) is 0 Å². The van der Waals surface area contributed by atoms with Crippen LogP contribution in [0, 0.1) is 20.8 Å². The van der Waals surface area contributed by atoms with Crippen molar-refractivity contribution < 1.29 is 4.79 Å². The van der Waals surface area contributed by atoms with Crippen molar-refractivity contribution >= 4 is 22.9 Å². The van der Waals surface area contributed by atoms with Crippen LogP contribution in [0.15, 0.2) is 36.5 Å². The summed E-state index contributed by atoms with van der Waals surface area (Å²) in [6.07, 6.45) is 1.90. The Morgan fingerprint density at radius 2 is 1.85 bits per heavy atom. The van der Waals surface area contributed by atoms with Crippen molar-refractivity contribution in [3.8, 4) is 0 Å². The van der Waals surface area contributed by atoms with E-state index in [4.69, 9.17) is 0 Å². The topological polar surface area (TPSA) is 49.6 Å². The second kappa shape index (κ2) is 7.20. The van der Waals surface area contributed by atoms with Crippen LogP contribution in [0.2, 0.25) is 0 Å². The lowest BCUT2D eigenvalue weighted by Gasteiger charge is -2.22. The Balaban J connectivity index is 1.90. The molecule has 0 fully saturated rings. The first-order valence-electron chi connectivity index (χ1n) is 9.06. The number of carbonyl (C=O) groups excluding carboxylic acids is 1. The number of anilines is 2. The maximum Gasteiger partial charge on any atom is 0.274 e. The van der Waals surface area contributed by atoms with Gasteiger partial charge in [-0.05, 0) is 76.1 Å². The van der Waals surface area contributed by atoms with Crippen molar-refractivity contribution in [2.45, 2.75) is 34.6 Å². The van der Waals surface area contributed by atoms with E-state index in [1.165, 1.54) is 5.69 Å². The van der Waals surface area contributed by atoms with Gasteiger partial charge in [0.15, 0.2) is 0 Å². The highest BCUT2D eigenvalue weighted by atomic mass is 16.2. The van der Waals surface area contributed by atoms with Crippen LogP contribution in [0.25, 0.3) is 5.65 Å². The molecular formula is C21H26N4O. The van der Waals surface area contributed by atoms with Crippen LogP contribution in [0.3, 0.4) is 0 Å². The molecule has 1 amide bonds. The van der Waals surface area contributed by atoms with Gasteiger partial charge in [-0.2, -0.15) is 0 Å². The van der Waals surface area contributed by atoms with Gasteiger partial charge < -0.3 is 10.2 Å². The number of aryl methyl sites for hydroxylation is 3. The van der Waals surface area contributed by atoms with Gasteiger partial charge in [-0.3, -0.25) is 9.20 Å². The number of hydrogen-bond acceptors (Lipinski definition) is 3. The van der Waals surface area contributed by atoms with Crippen LogP contribution in [0.1, 0.15) is 41.2 Å². The molecule has 1 N–H and O–H groups in total. The number of rotatable bonds is 5. The van der Waals surface area contributed by atoms with Crippen LogP contribution < -0.4 is 10.2 Å². The zero-order valence-electron chi connectivity index (χ0n) is 16.1. The summed E-state index contributed by atoms with van der Waals surface area (Å²) in [5.74, 6) is -0.141. The lowest BCUT2D eigenvalue weighted by atomic mass is 10.1. The summed E-state index contributed by atoms with van der Waals surface area (Å²) >= 11 is 0. The van der Waals surface area contributed by atoms with Gasteiger partial charge in [0.2, 0.25) is 0 Å². The Morgan fingerprint density at radius 1 is 1.12 bits per heavy atom. The van der Waals surface area contributed by atoms with E-state index < -0.39 is 0 Å². The van der Waals surface area contributed by atoms with Gasteiger partial charge >= 0.3 is 0 Å². The Labute approximate surface area is 154 Å². The number of nitrogens with one attached hydrogen (secondary N) is 1. The third-order valence-corrected chi connectivity index (χ3v) is 4.76. The highest BCUT2D eigenvalue weighted by molar-refractivity contribution is 6.05. The smallest absolute Gasteiger partial charge is 0.274 e. The molecule has 0 bridgehead atoms. The minimum absolute atomic E-state index is 0.141. The number of benzene rings is 1. The van der Waals surface area contributed by atoms with Gasteiger partial charge in [-0.1, -0.05) is 0 Å². The summed E-state index contributed by atoms with van der Waals surface area (Å²) in [5.41, 5.74) is 6.26. The molecule has 2 aromatic heterocycles. The fourth-order valence-corrected chi connectivity index (χ4v) is 3.29. The summed E-state index contributed by atoms with van der Waals surface area (Å²) in [5, 5.41) is 3.04. The van der Waals surface area contributed by atoms with Crippen LogP contribution in [0.4, 0.5) is 11.4 Å². The molecule has 1 aromatic carbocycles. The van der Waals surface area contributed by atoms with Crippen molar-refractivity contribution in [2.24, 2.45) is 0 Å². The van der Waals surface area contributed by atoms with E-state index >= 15 is 0 Å². The maximum absolute atomic E-state index is 12.9. The SMILES string of the molecule is CCN(CC)c1ccc(NC(=O)c2c(C)nc3cc(C)ccn23)c(C)c1. The lowest BCUT2D eigenvalue weighted by Crippen LogP contribution is -2.22. The predicted molar refractivity (Wildman–Crippen MR) is 107 cm³/mol. The Morgan fingerprint density at radius 3 is 2.50 bits per heavy atom. The van der Waals surface area contributed by atoms with Crippen molar-refractivity contribution in [3.05, 3.63) is 59.0 Å². The minimum atomic E-state index is -0.141. The second-order valence-corrected chi connectivity index (χ2v) is 6.60. The lowest BCUT2D eigenvalue weighted by molar-refractivity contribution is 0.102. The molecule has 3 rings (SSSR count). The van der Waals surface area contributed by atoms with E-state index in [-0.39, 0.29) is 5.91 Å². The number of pyridine rings is 1. The molecule has 0 radical (unpaired) electrons. The zero-order valence-corrected chi connectivity index (χ0v) is 16.1. The van der Waals surface area contributed by atoms with Crippen LogP contribution in [-0.2, 0) is 0 Å². The largest absolute Gasteiger partial charge is 0.372 e. The minimum Gasteiger partial charge on any atom is -0.372 e. The normalized spacial score (nSPS) is 11.0. The standard InChI is InChI=1S/C21H26N4O/c1-6-24(7-2)17-8-9-18(15(4)13-17)23-21(26)20-16(5)22-19-12-14(3)10-11-25(19)20/h8-13H,6-7H2,1-5H3,(H,23,26). The fraction of sp³-hybridized carbons (Fsp3) is 0.333. The summed E-state index contributed by atoms with van der Waals surface area (Å²) in [6.45, 7) is 12.1. The number of hydrogen-bond donors (Lipinski definition) is 1. The number of fused-ring (bicyclic) bond motifs is 1. The molecule has 0 aliphatic heterocycles. The second-order valence-electron chi connectivity index (χ2n) is 6.60. The average molecular weight is 350 g/mol. The van der Waals surface area contributed by atoms with Gasteiger partial charge in [0.25, 0.3) is 5.91 Å². The van der Waals surface area contributed by atoms with Crippen LogP contribution in [-0.4, -0.2) is 28.4 Å². The number of nitrogens with zero attached hydrogens (tertiary/aromatic N) is 3.